The second kappa shape index (κ2) is 7.16. The van der Waals surface area contributed by atoms with Gasteiger partial charge in [0.05, 0.1) is 35.5 Å². The minimum atomic E-state index is -4.85. The number of aliphatic hydroxyl groups is 1. The molecule has 12 heteroatoms. The van der Waals surface area contributed by atoms with Crippen LogP contribution in [0.3, 0.4) is 0 Å². The molecule has 150 valence electrons. The Bertz CT molecular complexity index is 924. The fourth-order valence-electron chi connectivity index (χ4n) is 2.20. The van der Waals surface area contributed by atoms with Crippen LogP contribution in [-0.4, -0.2) is 26.4 Å². The zero-order valence-electron chi connectivity index (χ0n) is 14.1. The SMILES string of the molecule is CC(O)(Cn1cc(C(F)(F)F)cn1)C(=O)Nc1ccc(C#N)c(C(F)(F)F)c1. The predicted octanol–water partition coefficient (Wildman–Crippen LogP) is 3.18. The van der Waals surface area contributed by atoms with Crippen LogP contribution in [-0.2, 0) is 23.7 Å². The maximum Gasteiger partial charge on any atom is 0.419 e. The Morgan fingerprint density at radius 3 is 2.39 bits per heavy atom. The van der Waals surface area contributed by atoms with Gasteiger partial charge in [-0.1, -0.05) is 0 Å². The van der Waals surface area contributed by atoms with Gasteiger partial charge in [-0.25, -0.2) is 0 Å². The molecule has 0 saturated heterocycles. The van der Waals surface area contributed by atoms with Crippen LogP contribution in [0.5, 0.6) is 0 Å². The number of nitrogens with one attached hydrogen (secondary N) is 1. The summed E-state index contributed by atoms with van der Waals surface area (Å²) in [6.07, 6.45) is -8.43. The number of hydrogen-bond donors (Lipinski definition) is 2. The van der Waals surface area contributed by atoms with E-state index in [0.717, 1.165) is 19.1 Å². The van der Waals surface area contributed by atoms with Crippen molar-refractivity contribution in [2.45, 2.75) is 31.4 Å². The third-order valence-electron chi connectivity index (χ3n) is 3.62. The maximum atomic E-state index is 13.0. The van der Waals surface area contributed by atoms with Crippen molar-refractivity contribution < 1.29 is 36.2 Å². The minimum absolute atomic E-state index is 0.354. The van der Waals surface area contributed by atoms with Gasteiger partial charge in [-0.3, -0.25) is 9.48 Å². The van der Waals surface area contributed by atoms with Gasteiger partial charge in [0.15, 0.2) is 5.60 Å². The normalized spacial score (nSPS) is 14.2. The number of amides is 1. The molecule has 28 heavy (non-hydrogen) atoms. The number of hydrogen-bond acceptors (Lipinski definition) is 4. The Labute approximate surface area is 154 Å². The van der Waals surface area contributed by atoms with Gasteiger partial charge in [0.25, 0.3) is 5.91 Å². The number of rotatable bonds is 4. The fraction of sp³-hybridized carbons (Fsp3) is 0.312. The molecule has 1 amide bonds. The first-order valence-electron chi connectivity index (χ1n) is 7.49. The lowest BCUT2D eigenvalue weighted by molar-refractivity contribution is -0.138. The van der Waals surface area contributed by atoms with Crippen molar-refractivity contribution in [1.82, 2.24) is 9.78 Å². The maximum absolute atomic E-state index is 13.0. The number of nitriles is 1. The number of nitrogens with zero attached hydrogens (tertiary/aromatic N) is 3. The average molecular weight is 406 g/mol. The van der Waals surface area contributed by atoms with Crippen molar-refractivity contribution in [3.63, 3.8) is 0 Å². The smallest absolute Gasteiger partial charge is 0.378 e. The summed E-state index contributed by atoms with van der Waals surface area (Å²) >= 11 is 0. The highest BCUT2D eigenvalue weighted by Crippen LogP contribution is 2.34. The Balaban J connectivity index is 2.19. The minimum Gasteiger partial charge on any atom is -0.378 e. The summed E-state index contributed by atoms with van der Waals surface area (Å²) in [6.45, 7) is 0.281. The number of anilines is 1. The summed E-state index contributed by atoms with van der Waals surface area (Å²) in [6, 6.07) is 3.76. The second-order valence-electron chi connectivity index (χ2n) is 6.02. The van der Waals surface area contributed by atoms with E-state index in [4.69, 9.17) is 5.26 Å². The molecule has 1 aromatic heterocycles. The van der Waals surface area contributed by atoms with Crippen molar-refractivity contribution in [2.24, 2.45) is 0 Å². The number of benzene rings is 1. The van der Waals surface area contributed by atoms with E-state index in [1.54, 1.807) is 0 Å². The summed E-state index contributed by atoms with van der Waals surface area (Å²) in [5.74, 6) is -1.17. The molecule has 1 heterocycles. The highest BCUT2D eigenvalue weighted by atomic mass is 19.4. The Morgan fingerprint density at radius 1 is 1.25 bits per heavy atom. The highest BCUT2D eigenvalue weighted by molar-refractivity contribution is 5.96. The van der Waals surface area contributed by atoms with Crippen molar-refractivity contribution in [3.05, 3.63) is 47.3 Å². The predicted molar refractivity (Wildman–Crippen MR) is 82.6 cm³/mol. The highest BCUT2D eigenvalue weighted by Gasteiger charge is 2.36. The average Bonchev–Trinajstić information content (AvgIpc) is 3.02. The van der Waals surface area contributed by atoms with Gasteiger partial charge in [0.1, 0.15) is 0 Å². The van der Waals surface area contributed by atoms with Crippen LogP contribution in [0, 0.1) is 11.3 Å². The van der Waals surface area contributed by atoms with Gasteiger partial charge in [-0.15, -0.1) is 0 Å². The number of aromatic nitrogens is 2. The molecule has 0 aliphatic heterocycles. The molecule has 2 N–H and O–H groups in total. The van der Waals surface area contributed by atoms with Crippen molar-refractivity contribution in [2.75, 3.05) is 5.32 Å². The van der Waals surface area contributed by atoms with E-state index >= 15 is 0 Å². The third-order valence-corrected chi connectivity index (χ3v) is 3.62. The molecule has 0 aliphatic rings. The molecule has 0 spiro atoms. The Kier molecular flexibility index (Phi) is 5.43. The van der Waals surface area contributed by atoms with Crippen LogP contribution in [0.1, 0.15) is 23.6 Å². The molecule has 0 radical (unpaired) electrons. The second-order valence-corrected chi connectivity index (χ2v) is 6.02. The lowest BCUT2D eigenvalue weighted by Gasteiger charge is -2.22. The molecule has 6 nitrogen and oxygen atoms in total. The van der Waals surface area contributed by atoms with E-state index in [0.29, 0.717) is 23.1 Å². The molecule has 0 aliphatic carbocycles. The van der Waals surface area contributed by atoms with Gasteiger partial charge < -0.3 is 10.4 Å². The van der Waals surface area contributed by atoms with E-state index in [2.05, 4.69) is 5.10 Å². The molecule has 0 fully saturated rings. The van der Waals surface area contributed by atoms with Crippen LogP contribution in [0.2, 0.25) is 0 Å². The Morgan fingerprint density at radius 2 is 1.89 bits per heavy atom. The summed E-state index contributed by atoms with van der Waals surface area (Å²) < 4.78 is 77.3. The van der Waals surface area contributed by atoms with Crippen LogP contribution in [0.15, 0.2) is 30.6 Å². The molecular formula is C16H12F6N4O2. The van der Waals surface area contributed by atoms with Gasteiger partial charge in [0.2, 0.25) is 0 Å². The number of carbonyl (C=O) groups excluding carboxylic acids is 1. The van der Waals surface area contributed by atoms with Crippen LogP contribution >= 0.6 is 0 Å². The molecule has 1 aromatic carbocycles. The van der Waals surface area contributed by atoms with Crippen LogP contribution in [0.4, 0.5) is 32.0 Å². The zero-order chi connectivity index (χ0) is 21.3. The molecule has 2 aromatic rings. The molecule has 1 atom stereocenters. The number of carbonyl (C=O) groups is 1. The third kappa shape index (κ3) is 4.80. The van der Waals surface area contributed by atoms with Crippen molar-refractivity contribution >= 4 is 11.6 Å². The zero-order valence-corrected chi connectivity index (χ0v) is 14.1. The van der Waals surface area contributed by atoms with Crippen LogP contribution < -0.4 is 5.32 Å². The summed E-state index contributed by atoms with van der Waals surface area (Å²) in [5, 5.41) is 24.4. The molecule has 1 unspecified atom stereocenters. The van der Waals surface area contributed by atoms with Gasteiger partial charge in [-0.2, -0.15) is 36.7 Å². The molecule has 0 bridgehead atoms. The van der Waals surface area contributed by atoms with Gasteiger partial charge >= 0.3 is 12.4 Å². The standard InChI is InChI=1S/C16H12F6N4O2/c1-14(28,8-26-7-10(6-24-26)15(17,18)19)13(27)25-11-3-2-9(5-23)12(4-11)16(20,21)22/h2-4,6-7,28H,8H2,1H3,(H,25,27). The Hall–Kier alpha value is -3.07. The van der Waals surface area contributed by atoms with E-state index in [1.165, 1.54) is 6.07 Å². The summed E-state index contributed by atoms with van der Waals surface area (Å²) in [5.41, 5.74) is -5.68. The van der Waals surface area contributed by atoms with E-state index in [9.17, 15) is 36.2 Å². The first-order chi connectivity index (χ1) is 12.7. The van der Waals surface area contributed by atoms with E-state index < -0.39 is 47.1 Å². The largest absolute Gasteiger partial charge is 0.419 e. The summed E-state index contributed by atoms with van der Waals surface area (Å²) in [4.78, 5) is 12.2. The fourth-order valence-corrected chi connectivity index (χ4v) is 2.20. The van der Waals surface area contributed by atoms with Gasteiger partial charge in [0, 0.05) is 11.9 Å². The number of alkyl halides is 6. The van der Waals surface area contributed by atoms with Gasteiger partial charge in [-0.05, 0) is 25.1 Å². The lowest BCUT2D eigenvalue weighted by atomic mass is 10.0. The van der Waals surface area contributed by atoms with Crippen LogP contribution in [0.25, 0.3) is 0 Å². The van der Waals surface area contributed by atoms with E-state index in [1.807, 2.05) is 5.32 Å². The van der Waals surface area contributed by atoms with Crippen molar-refractivity contribution in [1.29, 1.82) is 5.26 Å². The molecule has 0 saturated carbocycles. The topological polar surface area (TPSA) is 90.9 Å². The number of halogens is 6. The summed E-state index contributed by atoms with van der Waals surface area (Å²) in [7, 11) is 0. The van der Waals surface area contributed by atoms with E-state index in [-0.39, 0.29) is 5.69 Å². The molecular weight excluding hydrogens is 394 g/mol. The monoisotopic (exact) mass is 406 g/mol. The molecule has 2 rings (SSSR count). The first kappa shape index (κ1) is 21.2. The first-order valence-corrected chi connectivity index (χ1v) is 7.49. The lowest BCUT2D eigenvalue weighted by Crippen LogP contribution is -2.43. The quantitative estimate of drug-likeness (QED) is 0.764. The van der Waals surface area contributed by atoms with Crippen molar-refractivity contribution in [3.8, 4) is 6.07 Å².